The van der Waals surface area contributed by atoms with E-state index in [4.69, 9.17) is 9.72 Å². The Kier molecular flexibility index (Phi) is 6.24. The second-order valence-corrected chi connectivity index (χ2v) is 12.6. The molecule has 1 aromatic heterocycles. The van der Waals surface area contributed by atoms with Gasteiger partial charge in [0.25, 0.3) is 5.91 Å². The summed E-state index contributed by atoms with van der Waals surface area (Å²) in [7, 11) is -1.54. The Morgan fingerprint density at radius 1 is 1.18 bits per heavy atom. The van der Waals surface area contributed by atoms with Crippen LogP contribution in [0.2, 0.25) is 0 Å². The van der Waals surface area contributed by atoms with E-state index in [-0.39, 0.29) is 23.0 Å². The largest absolute Gasteiger partial charge is 0.452 e. The number of sulfone groups is 1. The third-order valence-corrected chi connectivity index (χ3v) is 8.91. The predicted molar refractivity (Wildman–Crippen MR) is 127 cm³/mol. The molecule has 2 heterocycles. The van der Waals surface area contributed by atoms with E-state index in [1.807, 2.05) is 24.3 Å². The quantitative estimate of drug-likeness (QED) is 0.635. The molecule has 178 valence electrons. The molecule has 1 saturated heterocycles. The molecule has 1 fully saturated rings. The summed E-state index contributed by atoms with van der Waals surface area (Å²) in [5.74, 6) is -0.471. The zero-order valence-corrected chi connectivity index (χ0v) is 20.6. The fourth-order valence-corrected chi connectivity index (χ4v) is 6.72. The van der Waals surface area contributed by atoms with E-state index in [2.05, 4.69) is 20.8 Å². The first-order chi connectivity index (χ1) is 15.5. The summed E-state index contributed by atoms with van der Waals surface area (Å²) in [4.78, 5) is 32.2. The number of hydrogen-bond donors (Lipinski definition) is 0. The van der Waals surface area contributed by atoms with Gasteiger partial charge in [0.1, 0.15) is 0 Å². The third-order valence-electron chi connectivity index (χ3n) is 7.16. The molecule has 1 aliphatic carbocycles. The average Bonchev–Trinajstić information content (AvgIpc) is 3.13. The van der Waals surface area contributed by atoms with Crippen molar-refractivity contribution in [2.24, 2.45) is 11.3 Å². The number of aromatic nitrogens is 1. The van der Waals surface area contributed by atoms with E-state index >= 15 is 0 Å². The van der Waals surface area contributed by atoms with Crippen LogP contribution in [0.25, 0.3) is 10.9 Å². The number of benzene rings is 1. The summed E-state index contributed by atoms with van der Waals surface area (Å²) in [5, 5.41) is 0.735. The molecule has 0 spiro atoms. The van der Waals surface area contributed by atoms with Gasteiger partial charge in [-0.2, -0.15) is 0 Å². The number of carbonyl (C=O) groups is 2. The summed E-state index contributed by atoms with van der Waals surface area (Å²) in [5.41, 5.74) is 3.21. The number of rotatable bonds is 4. The molecular formula is C25H32N2O5S. The van der Waals surface area contributed by atoms with Gasteiger partial charge in [0.2, 0.25) is 0 Å². The Labute approximate surface area is 195 Å². The number of carbonyl (C=O) groups excluding carboxylic acids is 2. The molecule has 1 aromatic carbocycles. The highest BCUT2D eigenvalue weighted by atomic mass is 32.2. The lowest BCUT2D eigenvalue weighted by atomic mass is 9.70. The van der Waals surface area contributed by atoms with Gasteiger partial charge in [-0.15, -0.1) is 0 Å². The Morgan fingerprint density at radius 3 is 2.58 bits per heavy atom. The van der Waals surface area contributed by atoms with Crippen LogP contribution in [-0.2, 0) is 32.2 Å². The monoisotopic (exact) mass is 472 g/mol. The lowest BCUT2D eigenvalue weighted by Crippen LogP contribution is -2.40. The van der Waals surface area contributed by atoms with Crippen molar-refractivity contribution in [3.63, 3.8) is 0 Å². The highest BCUT2D eigenvalue weighted by molar-refractivity contribution is 7.91. The molecule has 2 aliphatic rings. The van der Waals surface area contributed by atoms with Crippen molar-refractivity contribution in [2.75, 3.05) is 25.2 Å². The van der Waals surface area contributed by atoms with E-state index < -0.39 is 28.3 Å². The van der Waals surface area contributed by atoms with Gasteiger partial charge in [-0.3, -0.25) is 9.78 Å². The molecule has 33 heavy (non-hydrogen) atoms. The molecule has 2 atom stereocenters. The van der Waals surface area contributed by atoms with E-state index in [1.165, 1.54) is 4.90 Å². The SMILES string of the molecule is CN(C(=O)COC(=O)c1c2c(nc3ccccc13)CC[C@@H](C(C)(C)C)C2)[C@H]1CCS(=O)(=O)C1. The third kappa shape index (κ3) is 4.90. The summed E-state index contributed by atoms with van der Waals surface area (Å²) in [6, 6.07) is 7.16. The molecule has 2 aromatic rings. The first kappa shape index (κ1) is 23.7. The first-order valence-electron chi connectivity index (χ1n) is 11.5. The second-order valence-electron chi connectivity index (χ2n) is 10.4. The number of amides is 1. The van der Waals surface area contributed by atoms with Crippen LogP contribution in [0.4, 0.5) is 0 Å². The summed E-state index contributed by atoms with van der Waals surface area (Å²) in [6.45, 7) is 6.23. The van der Waals surface area contributed by atoms with Crippen molar-refractivity contribution in [3.05, 3.63) is 41.1 Å². The van der Waals surface area contributed by atoms with Crippen LogP contribution in [0.3, 0.4) is 0 Å². The van der Waals surface area contributed by atoms with Crippen LogP contribution in [0, 0.1) is 11.3 Å². The minimum atomic E-state index is -3.11. The Balaban J connectivity index is 1.58. The fourth-order valence-electron chi connectivity index (χ4n) is 4.95. The molecule has 1 amide bonds. The lowest BCUT2D eigenvalue weighted by Gasteiger charge is -2.35. The summed E-state index contributed by atoms with van der Waals surface area (Å²) < 4.78 is 29.0. The molecular weight excluding hydrogens is 440 g/mol. The molecule has 0 unspecified atom stereocenters. The van der Waals surface area contributed by atoms with Crippen LogP contribution in [-0.4, -0.2) is 61.4 Å². The van der Waals surface area contributed by atoms with Gasteiger partial charge in [0, 0.05) is 24.2 Å². The molecule has 0 N–H and O–H groups in total. The molecule has 0 radical (unpaired) electrons. The number of esters is 1. The Morgan fingerprint density at radius 2 is 1.91 bits per heavy atom. The van der Waals surface area contributed by atoms with E-state index in [0.717, 1.165) is 41.4 Å². The van der Waals surface area contributed by atoms with E-state index in [1.54, 1.807) is 7.05 Å². The molecule has 7 nitrogen and oxygen atoms in total. The van der Waals surface area contributed by atoms with Gasteiger partial charge in [-0.1, -0.05) is 39.0 Å². The van der Waals surface area contributed by atoms with Crippen molar-refractivity contribution >= 4 is 32.6 Å². The predicted octanol–water partition coefficient (Wildman–Crippen LogP) is 3.19. The highest BCUT2D eigenvalue weighted by Gasteiger charge is 2.35. The first-order valence-corrected chi connectivity index (χ1v) is 13.3. The maximum absolute atomic E-state index is 13.3. The van der Waals surface area contributed by atoms with Gasteiger partial charge in [0.05, 0.1) is 22.6 Å². The fraction of sp³-hybridized carbons (Fsp3) is 0.560. The number of pyridine rings is 1. The number of fused-ring (bicyclic) bond motifs is 2. The zero-order chi connectivity index (χ0) is 24.0. The van der Waals surface area contributed by atoms with Crippen LogP contribution < -0.4 is 0 Å². The maximum atomic E-state index is 13.3. The summed E-state index contributed by atoms with van der Waals surface area (Å²) in [6.07, 6.45) is 2.98. The standard InChI is InChI=1S/C25H32N2O5S/c1-25(2,3)16-9-10-21-19(13-16)23(18-7-5-6-8-20(18)26-21)24(29)32-14-22(28)27(4)17-11-12-33(30,31)15-17/h5-8,16-17H,9-15H2,1-4H3/t16-,17+/m1/s1. The number of aryl methyl sites for hydroxylation is 1. The van der Waals surface area contributed by atoms with Crippen molar-refractivity contribution in [2.45, 2.75) is 52.5 Å². The molecule has 0 saturated carbocycles. The number of likely N-dealkylation sites (N-methyl/N-ethyl adjacent to an activating group) is 1. The molecule has 4 rings (SSSR count). The van der Waals surface area contributed by atoms with E-state index in [0.29, 0.717) is 17.9 Å². The zero-order valence-electron chi connectivity index (χ0n) is 19.8. The van der Waals surface area contributed by atoms with Crippen LogP contribution in [0.1, 0.15) is 55.2 Å². The molecule has 0 bridgehead atoms. The average molecular weight is 473 g/mol. The van der Waals surface area contributed by atoms with Crippen LogP contribution >= 0.6 is 0 Å². The minimum Gasteiger partial charge on any atom is -0.452 e. The maximum Gasteiger partial charge on any atom is 0.339 e. The summed E-state index contributed by atoms with van der Waals surface area (Å²) >= 11 is 0. The lowest BCUT2D eigenvalue weighted by molar-refractivity contribution is -0.134. The molecule has 8 heteroatoms. The van der Waals surface area contributed by atoms with E-state index in [9.17, 15) is 18.0 Å². The number of ether oxygens (including phenoxy) is 1. The van der Waals surface area contributed by atoms with Crippen molar-refractivity contribution in [1.82, 2.24) is 9.88 Å². The van der Waals surface area contributed by atoms with Gasteiger partial charge in [0.15, 0.2) is 16.4 Å². The Hall–Kier alpha value is -2.48. The van der Waals surface area contributed by atoms with Crippen molar-refractivity contribution < 1.29 is 22.7 Å². The van der Waals surface area contributed by atoms with Crippen LogP contribution in [0.5, 0.6) is 0 Å². The minimum absolute atomic E-state index is 0.0418. The number of nitrogens with zero attached hydrogens (tertiary/aromatic N) is 2. The van der Waals surface area contributed by atoms with Crippen molar-refractivity contribution in [3.8, 4) is 0 Å². The van der Waals surface area contributed by atoms with Gasteiger partial charge >= 0.3 is 5.97 Å². The van der Waals surface area contributed by atoms with Crippen LogP contribution in [0.15, 0.2) is 24.3 Å². The normalized spacial score (nSPS) is 22.1. The van der Waals surface area contributed by atoms with Gasteiger partial charge in [-0.25, -0.2) is 13.2 Å². The second kappa shape index (κ2) is 8.70. The smallest absolute Gasteiger partial charge is 0.339 e. The number of para-hydroxylation sites is 1. The highest BCUT2D eigenvalue weighted by Crippen LogP contribution is 2.39. The topological polar surface area (TPSA) is 93.6 Å². The molecule has 1 aliphatic heterocycles. The Bertz CT molecular complexity index is 1200. The number of hydrogen-bond acceptors (Lipinski definition) is 6. The van der Waals surface area contributed by atoms with Crippen molar-refractivity contribution in [1.29, 1.82) is 0 Å². The van der Waals surface area contributed by atoms with Gasteiger partial charge < -0.3 is 9.64 Å². The van der Waals surface area contributed by atoms with Gasteiger partial charge in [-0.05, 0) is 48.6 Å².